The van der Waals surface area contributed by atoms with Crippen LogP contribution in [0, 0.1) is 0 Å². The van der Waals surface area contributed by atoms with Crippen molar-refractivity contribution in [3.63, 3.8) is 0 Å². The summed E-state index contributed by atoms with van der Waals surface area (Å²) in [5.74, 6) is -0.0660. The van der Waals surface area contributed by atoms with E-state index < -0.39 is 10.0 Å². The topological polar surface area (TPSA) is 123 Å². The summed E-state index contributed by atoms with van der Waals surface area (Å²) in [5, 5.41) is 15.1. The van der Waals surface area contributed by atoms with Gasteiger partial charge in [0.05, 0.1) is 17.8 Å². The van der Waals surface area contributed by atoms with Gasteiger partial charge in [-0.1, -0.05) is 16.8 Å². The molecule has 0 aliphatic heterocycles. The van der Waals surface area contributed by atoms with Crippen LogP contribution in [0.1, 0.15) is 6.42 Å². The molecule has 9 nitrogen and oxygen atoms in total. The number of hydrogen-bond acceptors (Lipinski definition) is 6. The van der Waals surface area contributed by atoms with Crippen LogP contribution in [-0.2, 0) is 21.8 Å². The number of nitrogens with zero attached hydrogens (tertiary/aromatic N) is 4. The van der Waals surface area contributed by atoms with Crippen LogP contribution in [0.5, 0.6) is 0 Å². The number of ether oxygens (including phenoxy) is 1. The first-order valence-electron chi connectivity index (χ1n) is 5.97. The largest absolute Gasteiger partial charge is 0.409 e. The number of aryl methyl sites for hydroxylation is 1. The average Bonchev–Trinajstić information content (AvgIpc) is 2.77. The maximum atomic E-state index is 12.6. The third-order valence-electron chi connectivity index (χ3n) is 2.72. The predicted molar refractivity (Wildman–Crippen MR) is 76.9 cm³/mol. The lowest BCUT2D eigenvalue weighted by Gasteiger charge is -2.21. The highest BCUT2D eigenvalue weighted by molar-refractivity contribution is 7.89. The second-order valence-electron chi connectivity index (χ2n) is 4.16. The van der Waals surface area contributed by atoms with E-state index in [9.17, 15) is 8.42 Å². The highest BCUT2D eigenvalue weighted by Gasteiger charge is 2.30. The molecule has 3 N–H and O–H groups in total. The van der Waals surface area contributed by atoms with E-state index in [1.807, 2.05) is 0 Å². The first-order valence-corrected chi connectivity index (χ1v) is 7.79. The standard InChI is InChI=1S/C10H18ClN5O4S/c1-15-10(8(11)7-13-15)21(18,19)16(5-6-20-2)4-3-9(12)14-17/h7,17H,3-6H2,1-2H3,(H2,12,14). The summed E-state index contributed by atoms with van der Waals surface area (Å²) < 4.78 is 32.5. The molecule has 1 aromatic rings. The van der Waals surface area contributed by atoms with Crippen LogP contribution >= 0.6 is 11.6 Å². The molecule has 0 aromatic carbocycles. The van der Waals surface area contributed by atoms with Gasteiger partial charge < -0.3 is 15.7 Å². The van der Waals surface area contributed by atoms with Gasteiger partial charge in [0.15, 0.2) is 5.03 Å². The van der Waals surface area contributed by atoms with Gasteiger partial charge >= 0.3 is 0 Å². The first-order chi connectivity index (χ1) is 9.84. The minimum atomic E-state index is -3.87. The lowest BCUT2D eigenvalue weighted by atomic mass is 10.4. The minimum Gasteiger partial charge on any atom is -0.409 e. The molecule has 0 saturated carbocycles. The Balaban J connectivity index is 3.06. The number of aromatic nitrogens is 2. The highest BCUT2D eigenvalue weighted by Crippen LogP contribution is 2.23. The van der Waals surface area contributed by atoms with Crippen LogP contribution in [0.25, 0.3) is 0 Å². The summed E-state index contributed by atoms with van der Waals surface area (Å²) in [4.78, 5) is 0. The Bertz CT molecular complexity index is 581. The van der Waals surface area contributed by atoms with Crippen LogP contribution < -0.4 is 5.73 Å². The Hall–Kier alpha value is -1.36. The summed E-state index contributed by atoms with van der Waals surface area (Å²) in [7, 11) is -0.919. The summed E-state index contributed by atoms with van der Waals surface area (Å²) in [5.41, 5.74) is 5.38. The summed E-state index contributed by atoms with van der Waals surface area (Å²) in [6.45, 7) is 0.340. The molecule has 0 atom stereocenters. The number of nitrogens with two attached hydrogens (primary N) is 1. The maximum Gasteiger partial charge on any atom is 0.261 e. The Morgan fingerprint density at radius 1 is 1.62 bits per heavy atom. The SMILES string of the molecule is COCCN(CCC(N)=NO)S(=O)(=O)c1c(Cl)cnn1C. The zero-order valence-corrected chi connectivity index (χ0v) is 13.3. The Labute approximate surface area is 128 Å². The number of rotatable bonds is 8. The van der Waals surface area contributed by atoms with Crippen molar-refractivity contribution in [2.75, 3.05) is 26.8 Å². The van der Waals surface area contributed by atoms with Gasteiger partial charge in [-0.2, -0.15) is 9.40 Å². The second kappa shape index (κ2) is 7.59. The van der Waals surface area contributed by atoms with Gasteiger partial charge in [-0.15, -0.1) is 0 Å². The third kappa shape index (κ3) is 4.30. The molecule has 0 aliphatic rings. The number of halogens is 1. The normalized spacial score (nSPS) is 13.0. The van der Waals surface area contributed by atoms with Gasteiger partial charge in [-0.25, -0.2) is 8.42 Å². The number of amidine groups is 1. The van der Waals surface area contributed by atoms with Crippen LogP contribution in [-0.4, -0.2) is 60.4 Å². The van der Waals surface area contributed by atoms with Gasteiger partial charge in [0.25, 0.3) is 10.0 Å². The van der Waals surface area contributed by atoms with E-state index in [1.54, 1.807) is 0 Å². The average molecular weight is 340 g/mol. The highest BCUT2D eigenvalue weighted by atomic mass is 35.5. The molecule has 0 fully saturated rings. The lowest BCUT2D eigenvalue weighted by Crippen LogP contribution is -2.37. The monoisotopic (exact) mass is 339 g/mol. The summed E-state index contributed by atoms with van der Waals surface area (Å²) >= 11 is 5.89. The van der Waals surface area contributed by atoms with Crippen molar-refractivity contribution in [2.45, 2.75) is 11.4 Å². The zero-order chi connectivity index (χ0) is 16.0. The van der Waals surface area contributed by atoms with Crippen molar-refractivity contribution in [1.29, 1.82) is 0 Å². The molecule has 0 amide bonds. The summed E-state index contributed by atoms with van der Waals surface area (Å²) in [6.07, 6.45) is 1.33. The zero-order valence-electron chi connectivity index (χ0n) is 11.7. The first kappa shape index (κ1) is 17.7. The van der Waals surface area contributed by atoms with Crippen LogP contribution in [0.15, 0.2) is 16.4 Å². The van der Waals surface area contributed by atoms with E-state index in [-0.39, 0.29) is 42.0 Å². The molecule has 11 heteroatoms. The molecule has 0 bridgehead atoms. The molecule has 21 heavy (non-hydrogen) atoms. The van der Waals surface area contributed by atoms with Crippen molar-refractivity contribution < 1.29 is 18.4 Å². The van der Waals surface area contributed by atoms with Crippen LogP contribution in [0.4, 0.5) is 0 Å². The molecule has 0 spiro atoms. The second-order valence-corrected chi connectivity index (χ2v) is 6.42. The van der Waals surface area contributed by atoms with Crippen molar-refractivity contribution in [3.05, 3.63) is 11.2 Å². The third-order valence-corrected chi connectivity index (χ3v) is 5.12. The van der Waals surface area contributed by atoms with Gasteiger partial charge in [-0.3, -0.25) is 4.68 Å². The Morgan fingerprint density at radius 3 is 2.76 bits per heavy atom. The smallest absolute Gasteiger partial charge is 0.261 e. The molecule has 1 rings (SSSR count). The van der Waals surface area contributed by atoms with Gasteiger partial charge in [0, 0.05) is 33.7 Å². The van der Waals surface area contributed by atoms with E-state index in [1.165, 1.54) is 25.0 Å². The van der Waals surface area contributed by atoms with Gasteiger partial charge in [-0.05, 0) is 0 Å². The molecular formula is C10H18ClN5O4S. The van der Waals surface area contributed by atoms with Crippen molar-refractivity contribution in [2.24, 2.45) is 17.9 Å². The van der Waals surface area contributed by atoms with Crippen molar-refractivity contribution in [3.8, 4) is 0 Å². The fourth-order valence-corrected chi connectivity index (χ4v) is 3.68. The number of hydrogen-bond donors (Lipinski definition) is 2. The fraction of sp³-hybridized carbons (Fsp3) is 0.600. The Morgan fingerprint density at radius 2 is 2.29 bits per heavy atom. The molecular weight excluding hydrogens is 322 g/mol. The molecule has 0 aliphatic carbocycles. The van der Waals surface area contributed by atoms with Crippen molar-refractivity contribution in [1.82, 2.24) is 14.1 Å². The van der Waals surface area contributed by atoms with E-state index in [0.717, 1.165) is 4.31 Å². The van der Waals surface area contributed by atoms with E-state index in [4.69, 9.17) is 27.3 Å². The van der Waals surface area contributed by atoms with Crippen LogP contribution in [0.2, 0.25) is 5.02 Å². The van der Waals surface area contributed by atoms with Crippen molar-refractivity contribution >= 4 is 27.5 Å². The molecule has 0 unspecified atom stereocenters. The number of oxime groups is 1. The molecule has 1 aromatic heterocycles. The molecule has 120 valence electrons. The lowest BCUT2D eigenvalue weighted by molar-refractivity contribution is 0.179. The quantitative estimate of drug-likeness (QED) is 0.294. The maximum absolute atomic E-state index is 12.6. The van der Waals surface area contributed by atoms with E-state index >= 15 is 0 Å². The Kier molecular flexibility index (Phi) is 6.40. The van der Waals surface area contributed by atoms with Gasteiger partial charge in [0.1, 0.15) is 5.84 Å². The van der Waals surface area contributed by atoms with Crippen LogP contribution in [0.3, 0.4) is 0 Å². The molecule has 0 radical (unpaired) electrons. The number of methoxy groups -OCH3 is 1. The molecule has 1 heterocycles. The minimum absolute atomic E-state index is 0.0308. The fourth-order valence-electron chi connectivity index (χ4n) is 1.65. The molecule has 0 saturated heterocycles. The van der Waals surface area contributed by atoms with Gasteiger partial charge in [0.2, 0.25) is 0 Å². The predicted octanol–water partition coefficient (Wildman–Crippen LogP) is -0.153. The number of sulfonamides is 1. The summed E-state index contributed by atoms with van der Waals surface area (Å²) in [6, 6.07) is 0. The van der Waals surface area contributed by atoms with E-state index in [0.29, 0.717) is 0 Å². The van der Waals surface area contributed by atoms with E-state index in [2.05, 4.69) is 10.3 Å².